The summed E-state index contributed by atoms with van der Waals surface area (Å²) in [5, 5.41) is 1.91. The lowest BCUT2D eigenvalue weighted by Gasteiger charge is -2.04. The molecular formula is C14H10O3S. The molecule has 0 atom stereocenters. The van der Waals surface area contributed by atoms with Crippen LogP contribution in [0.5, 0.6) is 0 Å². The Bertz CT molecular complexity index is 655. The van der Waals surface area contributed by atoms with Gasteiger partial charge in [-0.1, -0.05) is 6.07 Å². The highest BCUT2D eigenvalue weighted by Gasteiger charge is 2.28. The zero-order valence-corrected chi connectivity index (χ0v) is 10.5. The fourth-order valence-corrected chi connectivity index (χ4v) is 3.05. The average Bonchev–Trinajstić information content (AvgIpc) is 2.94. The molecule has 0 saturated heterocycles. The van der Waals surface area contributed by atoms with E-state index in [1.807, 2.05) is 17.5 Å². The van der Waals surface area contributed by atoms with Crippen LogP contribution in [-0.4, -0.2) is 18.4 Å². The van der Waals surface area contributed by atoms with Gasteiger partial charge in [-0.2, -0.15) is 0 Å². The maximum atomic E-state index is 12.1. The number of hydrogen-bond acceptors (Lipinski definition) is 4. The number of hydrogen-bond donors (Lipinski definition) is 0. The molecule has 3 rings (SSSR count). The fourth-order valence-electron chi connectivity index (χ4n) is 2.11. The molecule has 0 radical (unpaired) electrons. The molecule has 0 saturated carbocycles. The minimum Gasteiger partial charge on any atom is -0.462 e. The van der Waals surface area contributed by atoms with Gasteiger partial charge < -0.3 is 4.74 Å². The van der Waals surface area contributed by atoms with Gasteiger partial charge in [-0.05, 0) is 30.5 Å². The van der Waals surface area contributed by atoms with E-state index in [2.05, 4.69) is 0 Å². The van der Waals surface area contributed by atoms with Crippen molar-refractivity contribution in [2.75, 3.05) is 6.61 Å². The van der Waals surface area contributed by atoms with E-state index in [-0.39, 0.29) is 11.8 Å². The molecule has 18 heavy (non-hydrogen) atoms. The second-order valence-corrected chi connectivity index (χ2v) is 4.89. The standard InChI is InChI=1S/C14H10O3S/c1-2-17-14(16)8-3-4-9-11(7-8)12(15)10-5-6-18-13(9)10/h3-7H,2H2,1H3. The van der Waals surface area contributed by atoms with Crippen molar-refractivity contribution in [1.29, 1.82) is 0 Å². The number of esters is 1. The van der Waals surface area contributed by atoms with Crippen molar-refractivity contribution in [2.45, 2.75) is 6.92 Å². The van der Waals surface area contributed by atoms with Gasteiger partial charge >= 0.3 is 5.97 Å². The van der Waals surface area contributed by atoms with E-state index in [0.29, 0.717) is 17.7 Å². The maximum absolute atomic E-state index is 12.1. The first-order chi connectivity index (χ1) is 8.72. The molecular weight excluding hydrogens is 248 g/mol. The van der Waals surface area contributed by atoms with Crippen LogP contribution in [0.1, 0.15) is 33.2 Å². The molecule has 90 valence electrons. The van der Waals surface area contributed by atoms with Crippen LogP contribution in [0.15, 0.2) is 29.6 Å². The smallest absolute Gasteiger partial charge is 0.338 e. The summed E-state index contributed by atoms with van der Waals surface area (Å²) < 4.78 is 4.93. The van der Waals surface area contributed by atoms with E-state index in [4.69, 9.17) is 4.74 Å². The molecule has 4 heteroatoms. The largest absolute Gasteiger partial charge is 0.462 e. The number of ether oxygens (including phenoxy) is 1. The number of fused-ring (bicyclic) bond motifs is 3. The molecule has 0 N–H and O–H groups in total. The number of rotatable bonds is 2. The van der Waals surface area contributed by atoms with Crippen molar-refractivity contribution in [3.05, 3.63) is 46.3 Å². The minimum atomic E-state index is -0.386. The highest BCUT2D eigenvalue weighted by atomic mass is 32.1. The summed E-state index contributed by atoms with van der Waals surface area (Å²) in [7, 11) is 0. The van der Waals surface area contributed by atoms with Crippen LogP contribution in [0.25, 0.3) is 10.4 Å². The van der Waals surface area contributed by atoms with E-state index in [1.165, 1.54) is 0 Å². The predicted molar refractivity (Wildman–Crippen MR) is 69.1 cm³/mol. The maximum Gasteiger partial charge on any atom is 0.338 e. The first-order valence-electron chi connectivity index (χ1n) is 5.66. The average molecular weight is 258 g/mol. The van der Waals surface area contributed by atoms with Crippen LogP contribution in [0, 0.1) is 0 Å². The molecule has 0 fully saturated rings. The number of carbonyl (C=O) groups is 2. The summed E-state index contributed by atoms with van der Waals surface area (Å²) in [6.07, 6.45) is 0. The lowest BCUT2D eigenvalue weighted by Crippen LogP contribution is -2.06. The third-order valence-corrected chi connectivity index (χ3v) is 3.88. The quantitative estimate of drug-likeness (QED) is 0.663. The molecule has 0 amide bonds. The molecule has 0 bridgehead atoms. The molecule has 0 unspecified atom stereocenters. The Morgan fingerprint density at radius 1 is 1.22 bits per heavy atom. The van der Waals surface area contributed by atoms with Crippen LogP contribution in [0.2, 0.25) is 0 Å². The number of benzene rings is 1. The van der Waals surface area contributed by atoms with Crippen molar-refractivity contribution >= 4 is 23.1 Å². The van der Waals surface area contributed by atoms with Gasteiger partial charge in [-0.3, -0.25) is 4.79 Å². The normalized spacial score (nSPS) is 12.2. The van der Waals surface area contributed by atoms with Crippen LogP contribution >= 0.6 is 11.3 Å². The number of ketones is 1. The lowest BCUT2D eigenvalue weighted by atomic mass is 10.1. The van der Waals surface area contributed by atoms with E-state index < -0.39 is 0 Å². The molecule has 1 aromatic carbocycles. The van der Waals surface area contributed by atoms with Crippen molar-refractivity contribution < 1.29 is 14.3 Å². The monoisotopic (exact) mass is 258 g/mol. The molecule has 3 nitrogen and oxygen atoms in total. The predicted octanol–water partition coefficient (Wildman–Crippen LogP) is 3.14. The Kier molecular flexibility index (Phi) is 2.52. The Morgan fingerprint density at radius 3 is 2.83 bits per heavy atom. The van der Waals surface area contributed by atoms with E-state index in [1.54, 1.807) is 30.4 Å². The fraction of sp³-hybridized carbons (Fsp3) is 0.143. The van der Waals surface area contributed by atoms with Gasteiger partial charge in [0, 0.05) is 21.6 Å². The molecule has 1 aliphatic rings. The molecule has 0 aliphatic heterocycles. The van der Waals surface area contributed by atoms with Gasteiger partial charge in [-0.15, -0.1) is 11.3 Å². The lowest BCUT2D eigenvalue weighted by molar-refractivity contribution is 0.0526. The zero-order chi connectivity index (χ0) is 12.7. The molecule has 2 aromatic rings. The van der Waals surface area contributed by atoms with E-state index in [9.17, 15) is 9.59 Å². The topological polar surface area (TPSA) is 43.4 Å². The van der Waals surface area contributed by atoms with Gasteiger partial charge in [0.2, 0.25) is 0 Å². The summed E-state index contributed by atoms with van der Waals surface area (Å²) >= 11 is 1.55. The van der Waals surface area contributed by atoms with Gasteiger partial charge in [0.05, 0.1) is 12.2 Å². The van der Waals surface area contributed by atoms with Gasteiger partial charge in [0.1, 0.15) is 0 Å². The van der Waals surface area contributed by atoms with Gasteiger partial charge in [0.15, 0.2) is 5.78 Å². The minimum absolute atomic E-state index is 0.00704. The Hall–Kier alpha value is -1.94. The van der Waals surface area contributed by atoms with Crippen molar-refractivity contribution in [3.63, 3.8) is 0 Å². The van der Waals surface area contributed by atoms with Crippen LogP contribution in [0.4, 0.5) is 0 Å². The summed E-state index contributed by atoms with van der Waals surface area (Å²) in [6.45, 7) is 2.09. The summed E-state index contributed by atoms with van der Waals surface area (Å²) in [5.41, 5.74) is 2.68. The van der Waals surface area contributed by atoms with Crippen molar-refractivity contribution in [3.8, 4) is 10.4 Å². The van der Waals surface area contributed by atoms with Gasteiger partial charge in [0.25, 0.3) is 0 Å². The van der Waals surface area contributed by atoms with Gasteiger partial charge in [-0.25, -0.2) is 4.79 Å². The van der Waals surface area contributed by atoms with Crippen LogP contribution in [0.3, 0.4) is 0 Å². The second-order valence-electron chi connectivity index (χ2n) is 3.97. The number of carbonyl (C=O) groups excluding carboxylic acids is 2. The van der Waals surface area contributed by atoms with Crippen molar-refractivity contribution in [2.24, 2.45) is 0 Å². The summed E-state index contributed by atoms with van der Waals surface area (Å²) in [6, 6.07) is 6.98. The first-order valence-corrected chi connectivity index (χ1v) is 6.54. The first kappa shape index (κ1) is 11.2. The Morgan fingerprint density at radius 2 is 2.06 bits per heavy atom. The van der Waals surface area contributed by atoms with Crippen LogP contribution < -0.4 is 0 Å². The van der Waals surface area contributed by atoms with Crippen molar-refractivity contribution in [1.82, 2.24) is 0 Å². The van der Waals surface area contributed by atoms with E-state index in [0.717, 1.165) is 16.0 Å². The molecule has 1 aliphatic carbocycles. The Labute approximate surface area is 108 Å². The Balaban J connectivity index is 2.08. The number of thiophene rings is 1. The highest BCUT2D eigenvalue weighted by Crippen LogP contribution is 2.40. The molecule has 0 spiro atoms. The summed E-state index contributed by atoms with van der Waals surface area (Å²) in [5.74, 6) is -0.393. The van der Waals surface area contributed by atoms with E-state index >= 15 is 0 Å². The molecule has 1 heterocycles. The molecule has 1 aromatic heterocycles. The summed E-state index contributed by atoms with van der Waals surface area (Å²) in [4.78, 5) is 24.8. The SMILES string of the molecule is CCOC(=O)c1ccc2c(c1)C(=O)c1ccsc1-2. The highest BCUT2D eigenvalue weighted by molar-refractivity contribution is 7.14. The zero-order valence-electron chi connectivity index (χ0n) is 9.73. The second kappa shape index (κ2) is 4.07. The third-order valence-electron chi connectivity index (χ3n) is 2.93. The van der Waals surface area contributed by atoms with Crippen LogP contribution in [-0.2, 0) is 4.74 Å². The third kappa shape index (κ3) is 1.49.